The van der Waals surface area contributed by atoms with E-state index < -0.39 is 0 Å². The zero-order chi connectivity index (χ0) is 46.6. The van der Waals surface area contributed by atoms with Gasteiger partial charge in [0.25, 0.3) is 0 Å². The molecule has 0 saturated carbocycles. The Kier molecular flexibility index (Phi) is 10.8. The number of hydrogen-bond acceptors (Lipinski definition) is 0. The van der Waals surface area contributed by atoms with E-state index in [1.54, 1.807) is 0 Å². The second-order valence-corrected chi connectivity index (χ2v) is 20.4. The second kappa shape index (κ2) is 17.1. The first-order valence-electron chi connectivity index (χ1n) is 24.1. The van der Waals surface area contributed by atoms with Crippen LogP contribution >= 0.6 is 0 Å². The lowest BCUT2D eigenvalue weighted by Crippen LogP contribution is -2.14. The highest BCUT2D eigenvalue weighted by Crippen LogP contribution is 2.53. The first-order valence-corrected chi connectivity index (χ1v) is 24.1. The van der Waals surface area contributed by atoms with Crippen molar-refractivity contribution >= 4 is 0 Å². The number of hydrogen-bond donors (Lipinski definition) is 0. The summed E-state index contributed by atoms with van der Waals surface area (Å²) in [6.07, 6.45) is 0. The maximum absolute atomic E-state index is 2.46. The van der Waals surface area contributed by atoms with Crippen LogP contribution in [-0.2, 0) is 10.8 Å². The van der Waals surface area contributed by atoms with Crippen molar-refractivity contribution in [3.8, 4) is 111 Å². The highest BCUT2D eigenvalue weighted by atomic mass is 14.3. The zero-order valence-corrected chi connectivity index (χ0v) is 39.9. The molecular weight excluding hydrogens is 817 g/mol. The smallest absolute Gasteiger partial charge is 0.00174 e. The van der Waals surface area contributed by atoms with Crippen LogP contribution in [0.2, 0.25) is 0 Å². The van der Waals surface area contributed by atoms with Gasteiger partial charge in [-0.3, -0.25) is 0 Å². The normalized spacial score (nSPS) is 12.0. The molecule has 0 heterocycles. The Bertz CT molecular complexity index is 3430. The topological polar surface area (TPSA) is 0 Å². The van der Waals surface area contributed by atoms with Crippen molar-refractivity contribution in [2.45, 2.75) is 52.4 Å². The van der Waals surface area contributed by atoms with Crippen molar-refractivity contribution < 1.29 is 0 Å². The highest BCUT2D eigenvalue weighted by molar-refractivity contribution is 6.08. The van der Waals surface area contributed by atoms with Crippen molar-refractivity contribution in [1.29, 1.82) is 0 Å². The van der Waals surface area contributed by atoms with Gasteiger partial charge in [0, 0.05) is 0 Å². The summed E-state index contributed by atoms with van der Waals surface area (Å²) < 4.78 is 0. The van der Waals surface area contributed by atoms with Gasteiger partial charge in [0.15, 0.2) is 0 Å². The number of rotatable bonds is 2. The molecule has 68 heavy (non-hydrogen) atoms. The minimum absolute atomic E-state index is 0.00887. The summed E-state index contributed by atoms with van der Waals surface area (Å²) in [4.78, 5) is 0. The van der Waals surface area contributed by atoms with Gasteiger partial charge in [-0.25, -0.2) is 0 Å². The largest absolute Gasteiger partial charge is 0.0622 e. The van der Waals surface area contributed by atoms with Gasteiger partial charge in [-0.1, -0.05) is 260 Å². The fraction of sp³-hybridized carbons (Fsp3) is 0.118. The molecule has 2 aliphatic rings. The maximum Gasteiger partial charge on any atom is -0.00174 e. The molecule has 0 N–H and O–H groups in total. The molecule has 0 saturated heterocycles. The fourth-order valence-corrected chi connectivity index (χ4v) is 10.9. The molecule has 0 aromatic heterocycles. The molecule has 0 radical (unpaired) electrons. The van der Waals surface area contributed by atoms with Crippen molar-refractivity contribution in [2.24, 2.45) is 0 Å². The molecule has 10 aromatic carbocycles. The molecule has 0 atom stereocenters. The minimum atomic E-state index is 0.00887. The van der Waals surface area contributed by atoms with Crippen LogP contribution in [0.3, 0.4) is 0 Å². The first-order chi connectivity index (χ1) is 33.1. The molecule has 12 rings (SSSR count). The van der Waals surface area contributed by atoms with Gasteiger partial charge in [-0.05, 0) is 145 Å². The van der Waals surface area contributed by atoms with Crippen molar-refractivity contribution in [3.63, 3.8) is 0 Å². The Labute approximate surface area is 403 Å². The Morgan fingerprint density at radius 1 is 0.191 bits per heavy atom. The van der Waals surface area contributed by atoms with Crippen LogP contribution in [0, 0.1) is 0 Å². The lowest BCUT2D eigenvalue weighted by molar-refractivity contribution is 0.592. The molecule has 0 spiro atoms. The van der Waals surface area contributed by atoms with E-state index >= 15 is 0 Å². The molecule has 0 bridgehead atoms. The van der Waals surface area contributed by atoms with Gasteiger partial charge in [0.05, 0.1) is 0 Å². The molecule has 2 aliphatic carbocycles. The van der Waals surface area contributed by atoms with Crippen LogP contribution < -0.4 is 0 Å². The Morgan fingerprint density at radius 3 is 0.868 bits per heavy atom. The van der Waals surface area contributed by atoms with Gasteiger partial charge < -0.3 is 0 Å². The summed E-state index contributed by atoms with van der Waals surface area (Å²) in [6, 6.07) is 84.6. The lowest BCUT2D eigenvalue weighted by Gasteiger charge is -2.30. The Hall–Kier alpha value is -7.80. The van der Waals surface area contributed by atoms with Gasteiger partial charge in [-0.15, -0.1) is 0 Å². The fourth-order valence-electron chi connectivity index (χ4n) is 10.9. The van der Waals surface area contributed by atoms with Gasteiger partial charge in [0.2, 0.25) is 0 Å². The highest BCUT2D eigenvalue weighted by Gasteiger charge is 2.30. The molecule has 0 aliphatic heterocycles. The van der Waals surface area contributed by atoms with Crippen molar-refractivity contribution in [2.75, 3.05) is 0 Å². The third kappa shape index (κ3) is 7.51. The number of benzene rings is 10. The summed E-state index contributed by atoms with van der Waals surface area (Å²) >= 11 is 0. The summed E-state index contributed by atoms with van der Waals surface area (Å²) in [5, 5.41) is 0. The Balaban J connectivity index is 0.000000149. The average molecular weight is 873 g/mol. The average Bonchev–Trinajstić information content (AvgIpc) is 3.37. The molecule has 0 amide bonds. The molecule has 10 aromatic rings. The van der Waals surface area contributed by atoms with Crippen molar-refractivity contribution in [3.05, 3.63) is 242 Å². The monoisotopic (exact) mass is 872 g/mol. The third-order valence-electron chi connectivity index (χ3n) is 14.0. The maximum atomic E-state index is 2.46. The van der Waals surface area contributed by atoms with Gasteiger partial charge in [-0.2, -0.15) is 0 Å². The zero-order valence-electron chi connectivity index (χ0n) is 39.9. The molecule has 0 heteroatoms. The quantitative estimate of drug-likeness (QED) is 0.162. The van der Waals surface area contributed by atoms with E-state index in [4.69, 9.17) is 0 Å². The van der Waals surface area contributed by atoms with Crippen LogP contribution in [0.15, 0.2) is 231 Å². The molecular formula is C68H56. The van der Waals surface area contributed by atoms with E-state index in [2.05, 4.69) is 272 Å². The standard InChI is InChI=1S/2C34H28/c1-34(2,3)33-22-32-29-20-12-10-18-27(29)25-16-8-7-15-24(25)26-17-9-11-19-28(26)31(32)21-30(33)23-13-5-4-6-14-23;1-34(2,3)31-22-21-30-28-19-10-9-17-26(28)24-15-7-8-16-25(24)27-18-11-12-20-29(27)33(30)32(31)23-13-5-4-6-14-23/h2*4-22H,1-3H3. The predicted octanol–water partition coefficient (Wildman–Crippen LogP) is 19.3. The second-order valence-electron chi connectivity index (χ2n) is 20.4. The first kappa shape index (κ1) is 42.8. The van der Waals surface area contributed by atoms with E-state index in [9.17, 15) is 0 Å². The Morgan fingerprint density at radius 2 is 0.485 bits per heavy atom. The predicted molar refractivity (Wildman–Crippen MR) is 292 cm³/mol. The SMILES string of the molecule is CC(C)(C)c1cc2c(cc1-c1ccccc1)-c1ccccc1-c1ccccc1-c1ccccc1-2.CC(C)(C)c1ccc2c(c1-c1ccccc1)-c1ccccc1-c1ccccc1-c1ccccc1-2. The lowest BCUT2D eigenvalue weighted by atomic mass is 9.73. The van der Waals surface area contributed by atoms with Crippen LogP contribution in [0.4, 0.5) is 0 Å². The summed E-state index contributed by atoms with van der Waals surface area (Å²) in [6.45, 7) is 13.9. The molecule has 328 valence electrons. The van der Waals surface area contributed by atoms with Crippen molar-refractivity contribution in [1.82, 2.24) is 0 Å². The van der Waals surface area contributed by atoms with Crippen LogP contribution in [0.25, 0.3) is 111 Å². The van der Waals surface area contributed by atoms with Gasteiger partial charge in [0.1, 0.15) is 0 Å². The third-order valence-corrected chi connectivity index (χ3v) is 14.0. The molecule has 0 nitrogen and oxygen atoms in total. The van der Waals surface area contributed by atoms with Crippen LogP contribution in [0.5, 0.6) is 0 Å². The van der Waals surface area contributed by atoms with Crippen LogP contribution in [-0.4, -0.2) is 0 Å². The summed E-state index contributed by atoms with van der Waals surface area (Å²) in [5.41, 5.74) is 28.7. The molecule has 0 fully saturated rings. The molecule has 0 unspecified atom stereocenters. The van der Waals surface area contributed by atoms with E-state index in [-0.39, 0.29) is 10.8 Å². The van der Waals surface area contributed by atoms with Crippen LogP contribution in [0.1, 0.15) is 52.7 Å². The van der Waals surface area contributed by atoms with E-state index in [0.717, 1.165) is 0 Å². The van der Waals surface area contributed by atoms with E-state index in [0.29, 0.717) is 0 Å². The minimum Gasteiger partial charge on any atom is -0.0622 e. The summed E-state index contributed by atoms with van der Waals surface area (Å²) in [5.74, 6) is 0. The van der Waals surface area contributed by atoms with E-state index in [1.165, 1.54) is 122 Å². The summed E-state index contributed by atoms with van der Waals surface area (Å²) in [7, 11) is 0. The van der Waals surface area contributed by atoms with E-state index in [1.807, 2.05) is 0 Å². The number of fused-ring (bicyclic) bond motifs is 16. The van der Waals surface area contributed by atoms with Gasteiger partial charge >= 0.3 is 0 Å².